The van der Waals surface area contributed by atoms with E-state index in [4.69, 9.17) is 4.74 Å². The van der Waals surface area contributed by atoms with Gasteiger partial charge in [0.2, 0.25) is 0 Å². The number of fused-ring (bicyclic) bond motifs is 1. The number of amides is 1. The van der Waals surface area contributed by atoms with Crippen LogP contribution < -0.4 is 10.1 Å². The summed E-state index contributed by atoms with van der Waals surface area (Å²) in [7, 11) is 0. The largest absolute Gasteiger partial charge is 0.487 e. The lowest BCUT2D eigenvalue weighted by molar-refractivity contribution is 0.0937. The maximum absolute atomic E-state index is 14.3. The molecule has 2 aromatic heterocycles. The van der Waals surface area contributed by atoms with Gasteiger partial charge in [0.25, 0.3) is 5.91 Å². The maximum Gasteiger partial charge on any atom is 0.261 e. The van der Waals surface area contributed by atoms with E-state index in [1.807, 2.05) is 13.8 Å². The van der Waals surface area contributed by atoms with Crippen LogP contribution in [0.2, 0.25) is 0 Å². The number of thiophene rings is 1. The molecule has 0 saturated carbocycles. The van der Waals surface area contributed by atoms with Crippen LogP contribution in [-0.2, 0) is 6.42 Å². The summed E-state index contributed by atoms with van der Waals surface area (Å²) >= 11 is 1.16. The van der Waals surface area contributed by atoms with Crippen LogP contribution in [0.4, 0.5) is 4.39 Å². The van der Waals surface area contributed by atoms with E-state index < -0.39 is 0 Å². The molecule has 0 fully saturated rings. The monoisotopic (exact) mass is 425 g/mol. The molecule has 154 valence electrons. The summed E-state index contributed by atoms with van der Waals surface area (Å²) in [4.78, 5) is 33.6. The molecule has 0 saturated heterocycles. The minimum Gasteiger partial charge on any atom is -0.487 e. The van der Waals surface area contributed by atoms with Crippen molar-refractivity contribution in [1.29, 1.82) is 0 Å². The number of aromatic nitrogens is 2. The summed E-state index contributed by atoms with van der Waals surface area (Å²) in [5.74, 6) is -0.125. The number of Topliss-reactive ketones (excluding diaryl/α,β-unsaturated/α-hetero) is 1. The summed E-state index contributed by atoms with van der Waals surface area (Å²) in [6, 6.07) is 6.14. The van der Waals surface area contributed by atoms with Crippen molar-refractivity contribution in [2.75, 3.05) is 6.54 Å². The molecule has 8 heteroatoms. The molecule has 1 amide bonds. The Morgan fingerprint density at radius 2 is 2.03 bits per heavy atom. The fraction of sp³-hybridized carbons (Fsp3) is 0.273. The number of ketones is 1. The molecule has 0 spiro atoms. The average molecular weight is 425 g/mol. The number of ether oxygens (including phenoxy) is 1. The Morgan fingerprint density at radius 3 is 2.77 bits per heavy atom. The van der Waals surface area contributed by atoms with E-state index in [1.165, 1.54) is 19.1 Å². The second kappa shape index (κ2) is 7.95. The smallest absolute Gasteiger partial charge is 0.261 e. The van der Waals surface area contributed by atoms with E-state index in [9.17, 15) is 14.0 Å². The van der Waals surface area contributed by atoms with Crippen LogP contribution in [0.1, 0.15) is 43.2 Å². The first-order chi connectivity index (χ1) is 14.3. The second-order valence-corrected chi connectivity index (χ2v) is 8.34. The zero-order valence-corrected chi connectivity index (χ0v) is 17.6. The van der Waals surface area contributed by atoms with Crippen LogP contribution in [0.15, 0.2) is 30.5 Å². The van der Waals surface area contributed by atoms with Crippen LogP contribution in [0, 0.1) is 19.7 Å². The number of halogens is 1. The van der Waals surface area contributed by atoms with Gasteiger partial charge < -0.3 is 10.1 Å². The van der Waals surface area contributed by atoms with Crippen molar-refractivity contribution in [2.24, 2.45) is 0 Å². The first kappa shape index (κ1) is 20.2. The van der Waals surface area contributed by atoms with Gasteiger partial charge in [0.05, 0.1) is 33.4 Å². The quantitative estimate of drug-likeness (QED) is 0.627. The minimum atomic E-state index is -0.366. The molecule has 3 aromatic rings. The molecule has 30 heavy (non-hydrogen) atoms. The standard InChI is InChI=1S/C22H20FN3O3S/c1-11-9-24-12(2)20(26-11)17-8-15(23)6-14-7-16(29-21(14)17)10-25-22(28)19-5-4-18(30-19)13(3)27/h4-6,8-9,16H,7,10H2,1-3H3,(H,25,28)/t16-/m0/s1. The molecule has 3 heterocycles. The maximum atomic E-state index is 14.3. The third-order valence-electron chi connectivity index (χ3n) is 4.86. The van der Waals surface area contributed by atoms with Crippen LogP contribution >= 0.6 is 11.3 Å². The van der Waals surface area contributed by atoms with Gasteiger partial charge in [0.1, 0.15) is 17.7 Å². The van der Waals surface area contributed by atoms with E-state index in [0.29, 0.717) is 38.9 Å². The summed E-state index contributed by atoms with van der Waals surface area (Å²) in [6.07, 6.45) is 1.82. The van der Waals surface area contributed by atoms with E-state index in [-0.39, 0.29) is 30.2 Å². The van der Waals surface area contributed by atoms with Crippen molar-refractivity contribution in [2.45, 2.75) is 33.3 Å². The number of nitrogens with zero attached hydrogens (tertiary/aromatic N) is 2. The number of rotatable bonds is 5. The third-order valence-corrected chi connectivity index (χ3v) is 6.05. The van der Waals surface area contributed by atoms with Gasteiger partial charge in [-0.1, -0.05) is 0 Å². The first-order valence-electron chi connectivity index (χ1n) is 9.50. The third kappa shape index (κ3) is 3.95. The zero-order chi connectivity index (χ0) is 21.4. The molecule has 1 atom stereocenters. The topological polar surface area (TPSA) is 81.2 Å². The molecule has 0 radical (unpaired) electrons. The molecule has 0 unspecified atom stereocenters. The second-order valence-electron chi connectivity index (χ2n) is 7.26. The number of nitrogens with one attached hydrogen (secondary N) is 1. The van der Waals surface area contributed by atoms with Gasteiger partial charge in [-0.25, -0.2) is 9.37 Å². The highest BCUT2D eigenvalue weighted by Crippen LogP contribution is 2.39. The van der Waals surface area contributed by atoms with Crippen molar-refractivity contribution >= 4 is 23.0 Å². The van der Waals surface area contributed by atoms with Gasteiger partial charge in [-0.2, -0.15) is 0 Å². The first-order valence-corrected chi connectivity index (χ1v) is 10.3. The van der Waals surface area contributed by atoms with E-state index >= 15 is 0 Å². The van der Waals surface area contributed by atoms with E-state index in [0.717, 1.165) is 22.6 Å². The van der Waals surface area contributed by atoms with Crippen LogP contribution in [0.5, 0.6) is 5.75 Å². The Hall–Kier alpha value is -3.13. The number of hydrogen-bond acceptors (Lipinski definition) is 6. The van der Waals surface area contributed by atoms with Gasteiger partial charge in [0, 0.05) is 23.7 Å². The molecular formula is C22H20FN3O3S. The van der Waals surface area contributed by atoms with Crippen LogP contribution in [0.25, 0.3) is 11.3 Å². The van der Waals surface area contributed by atoms with Crippen molar-refractivity contribution in [3.63, 3.8) is 0 Å². The van der Waals surface area contributed by atoms with E-state index in [2.05, 4.69) is 15.3 Å². The highest BCUT2D eigenvalue weighted by atomic mass is 32.1. The summed E-state index contributed by atoms with van der Waals surface area (Å²) in [5.41, 5.74) is 3.31. The molecule has 1 aliphatic rings. The van der Waals surface area contributed by atoms with Crippen LogP contribution in [0.3, 0.4) is 0 Å². The molecule has 0 aliphatic carbocycles. The molecule has 6 nitrogen and oxygen atoms in total. The lowest BCUT2D eigenvalue weighted by Crippen LogP contribution is -2.34. The molecule has 1 aromatic carbocycles. The molecule has 0 bridgehead atoms. The highest BCUT2D eigenvalue weighted by molar-refractivity contribution is 7.15. The number of carbonyl (C=O) groups is 2. The Labute approximate surface area is 177 Å². The normalized spacial score (nSPS) is 14.9. The SMILES string of the molecule is CC(=O)c1ccc(C(=O)NC[C@@H]2Cc3cc(F)cc(-c4nc(C)cnc4C)c3O2)s1. The lowest BCUT2D eigenvalue weighted by Gasteiger charge is -2.14. The summed E-state index contributed by atoms with van der Waals surface area (Å²) in [5, 5.41) is 2.84. The molecule has 1 N–H and O–H groups in total. The lowest BCUT2D eigenvalue weighted by atomic mass is 10.0. The Balaban J connectivity index is 1.51. The molecular weight excluding hydrogens is 405 g/mol. The number of carbonyl (C=O) groups excluding carboxylic acids is 2. The zero-order valence-electron chi connectivity index (χ0n) is 16.8. The predicted molar refractivity (Wildman–Crippen MR) is 112 cm³/mol. The Morgan fingerprint density at radius 1 is 1.27 bits per heavy atom. The van der Waals surface area contributed by atoms with Gasteiger partial charge in [-0.15, -0.1) is 11.3 Å². The Kier molecular flexibility index (Phi) is 5.34. The van der Waals surface area contributed by atoms with Crippen molar-refractivity contribution in [3.05, 3.63) is 63.0 Å². The highest BCUT2D eigenvalue weighted by Gasteiger charge is 2.28. The molecule has 1 aliphatic heterocycles. The fourth-order valence-corrected chi connectivity index (χ4v) is 4.24. The van der Waals surface area contributed by atoms with Gasteiger partial charge in [-0.05, 0) is 45.0 Å². The van der Waals surface area contributed by atoms with E-state index in [1.54, 1.807) is 18.3 Å². The summed E-state index contributed by atoms with van der Waals surface area (Å²) < 4.78 is 20.3. The van der Waals surface area contributed by atoms with Gasteiger partial charge >= 0.3 is 0 Å². The van der Waals surface area contributed by atoms with Gasteiger partial charge in [0.15, 0.2) is 5.78 Å². The summed E-state index contributed by atoms with van der Waals surface area (Å²) in [6.45, 7) is 5.38. The minimum absolute atomic E-state index is 0.0716. The number of benzene rings is 1. The van der Waals surface area contributed by atoms with Gasteiger partial charge in [-0.3, -0.25) is 14.6 Å². The number of hydrogen-bond donors (Lipinski definition) is 1. The average Bonchev–Trinajstić information content (AvgIpc) is 3.34. The number of aryl methyl sites for hydroxylation is 2. The van der Waals surface area contributed by atoms with Crippen LogP contribution in [-0.4, -0.2) is 34.3 Å². The molecule has 4 rings (SSSR count). The van der Waals surface area contributed by atoms with Crippen molar-refractivity contribution in [3.8, 4) is 17.0 Å². The van der Waals surface area contributed by atoms with Crippen molar-refractivity contribution in [1.82, 2.24) is 15.3 Å². The Bertz CT molecular complexity index is 1160. The fourth-order valence-electron chi connectivity index (χ4n) is 3.42. The predicted octanol–water partition coefficient (Wildman–Crippen LogP) is 3.90. The van der Waals surface area contributed by atoms with Crippen molar-refractivity contribution < 1.29 is 18.7 Å².